The fourth-order valence-corrected chi connectivity index (χ4v) is 3.18. The number of likely N-dealkylation sites (tertiary alicyclic amines) is 2. The number of aliphatic imine (C=N–C) groups is 1. The zero-order valence-corrected chi connectivity index (χ0v) is 12.5. The highest BCUT2D eigenvalue weighted by atomic mass is 15.2. The molecule has 2 rings (SSSR count). The molecule has 2 saturated heterocycles. The van der Waals surface area contributed by atoms with Gasteiger partial charge in [-0.05, 0) is 64.1 Å². The van der Waals surface area contributed by atoms with Crippen molar-refractivity contribution < 1.29 is 0 Å². The summed E-state index contributed by atoms with van der Waals surface area (Å²) in [6.45, 7) is 9.11. The molecular weight excluding hydrogens is 236 g/mol. The van der Waals surface area contributed by atoms with Crippen LogP contribution in [0, 0.1) is 5.92 Å². The molecule has 4 heteroatoms. The molecule has 0 aromatic carbocycles. The van der Waals surface area contributed by atoms with E-state index in [1.807, 2.05) is 0 Å². The van der Waals surface area contributed by atoms with Crippen molar-refractivity contribution in [3.63, 3.8) is 0 Å². The molecule has 0 radical (unpaired) electrons. The quantitative estimate of drug-likeness (QED) is 0.624. The summed E-state index contributed by atoms with van der Waals surface area (Å²) in [5, 5.41) is 0. The van der Waals surface area contributed by atoms with Gasteiger partial charge in [-0.25, -0.2) is 0 Å². The van der Waals surface area contributed by atoms with Gasteiger partial charge in [0.15, 0.2) is 5.96 Å². The van der Waals surface area contributed by atoms with E-state index in [4.69, 9.17) is 5.73 Å². The molecule has 0 amide bonds. The third-order valence-corrected chi connectivity index (χ3v) is 4.65. The van der Waals surface area contributed by atoms with Gasteiger partial charge in [-0.15, -0.1) is 0 Å². The first-order valence-electron chi connectivity index (χ1n) is 8.07. The van der Waals surface area contributed by atoms with Gasteiger partial charge in [0.25, 0.3) is 0 Å². The summed E-state index contributed by atoms with van der Waals surface area (Å²) in [7, 11) is 0. The molecule has 0 aliphatic carbocycles. The minimum Gasteiger partial charge on any atom is -0.370 e. The van der Waals surface area contributed by atoms with Crippen LogP contribution in [0.2, 0.25) is 0 Å². The Morgan fingerprint density at radius 1 is 1.11 bits per heavy atom. The van der Waals surface area contributed by atoms with Crippen molar-refractivity contribution >= 4 is 5.96 Å². The fourth-order valence-electron chi connectivity index (χ4n) is 3.18. The third kappa shape index (κ3) is 4.68. The van der Waals surface area contributed by atoms with Crippen molar-refractivity contribution in [2.24, 2.45) is 16.6 Å². The lowest BCUT2D eigenvalue weighted by atomic mass is 9.94. The Bertz CT molecular complexity index is 276. The Morgan fingerprint density at radius 2 is 1.79 bits per heavy atom. The third-order valence-electron chi connectivity index (χ3n) is 4.65. The number of hydrogen-bond donors (Lipinski definition) is 1. The molecule has 0 aromatic rings. The van der Waals surface area contributed by atoms with E-state index in [1.165, 1.54) is 58.2 Å². The van der Waals surface area contributed by atoms with Gasteiger partial charge in [-0.2, -0.15) is 0 Å². The molecule has 19 heavy (non-hydrogen) atoms. The van der Waals surface area contributed by atoms with Gasteiger partial charge in [0.1, 0.15) is 0 Å². The van der Waals surface area contributed by atoms with Crippen LogP contribution in [-0.4, -0.2) is 55.0 Å². The molecule has 2 fully saturated rings. The topological polar surface area (TPSA) is 44.9 Å². The molecule has 2 aliphatic heterocycles. The number of nitrogens with zero attached hydrogens (tertiary/aromatic N) is 3. The molecule has 0 bridgehead atoms. The first-order chi connectivity index (χ1) is 9.29. The van der Waals surface area contributed by atoms with Gasteiger partial charge in [0.2, 0.25) is 0 Å². The van der Waals surface area contributed by atoms with Crippen LogP contribution in [0.25, 0.3) is 0 Å². The van der Waals surface area contributed by atoms with Crippen molar-refractivity contribution in [1.82, 2.24) is 9.80 Å². The molecule has 0 aromatic heterocycles. The average Bonchev–Trinajstić information content (AvgIpc) is 2.49. The minimum atomic E-state index is 0.783. The van der Waals surface area contributed by atoms with Crippen LogP contribution in [0.3, 0.4) is 0 Å². The molecule has 0 atom stereocenters. The summed E-state index contributed by atoms with van der Waals surface area (Å²) in [6.07, 6.45) is 7.78. The SMILES string of the molecule is CCN1CCC(CCN=C(N)N2CCCCC2)CC1. The highest BCUT2D eigenvalue weighted by molar-refractivity contribution is 5.78. The van der Waals surface area contributed by atoms with Crippen LogP contribution >= 0.6 is 0 Å². The molecule has 0 saturated carbocycles. The first kappa shape index (κ1) is 14.6. The van der Waals surface area contributed by atoms with Gasteiger partial charge in [0.05, 0.1) is 0 Å². The van der Waals surface area contributed by atoms with Gasteiger partial charge >= 0.3 is 0 Å². The normalized spacial score (nSPS) is 23.8. The van der Waals surface area contributed by atoms with E-state index in [0.717, 1.165) is 31.5 Å². The van der Waals surface area contributed by atoms with E-state index in [1.54, 1.807) is 0 Å². The van der Waals surface area contributed by atoms with E-state index in [2.05, 4.69) is 21.7 Å². The van der Waals surface area contributed by atoms with Crippen LogP contribution in [-0.2, 0) is 0 Å². The van der Waals surface area contributed by atoms with Crippen LogP contribution in [0.15, 0.2) is 4.99 Å². The molecule has 110 valence electrons. The Kier molecular flexibility index (Phi) is 5.95. The van der Waals surface area contributed by atoms with E-state index >= 15 is 0 Å². The molecule has 2 heterocycles. The molecule has 0 spiro atoms. The predicted octanol–water partition coefficient (Wildman–Crippen LogP) is 1.91. The minimum absolute atomic E-state index is 0.783. The highest BCUT2D eigenvalue weighted by Gasteiger charge is 2.17. The Labute approximate surface area is 118 Å². The number of nitrogens with two attached hydrogens (primary N) is 1. The van der Waals surface area contributed by atoms with Crippen molar-refractivity contribution in [3.05, 3.63) is 0 Å². The first-order valence-corrected chi connectivity index (χ1v) is 8.07. The molecule has 2 N–H and O–H groups in total. The van der Waals surface area contributed by atoms with Crippen LogP contribution in [0.1, 0.15) is 45.4 Å². The van der Waals surface area contributed by atoms with Gasteiger partial charge < -0.3 is 15.5 Å². The van der Waals surface area contributed by atoms with Crippen molar-refractivity contribution in [1.29, 1.82) is 0 Å². The maximum Gasteiger partial charge on any atom is 0.191 e. The van der Waals surface area contributed by atoms with E-state index in [9.17, 15) is 0 Å². The van der Waals surface area contributed by atoms with E-state index in [-0.39, 0.29) is 0 Å². The van der Waals surface area contributed by atoms with Gasteiger partial charge in [-0.1, -0.05) is 6.92 Å². The van der Waals surface area contributed by atoms with Crippen molar-refractivity contribution in [2.75, 3.05) is 39.3 Å². The predicted molar refractivity (Wildman–Crippen MR) is 81.4 cm³/mol. The van der Waals surface area contributed by atoms with Crippen molar-refractivity contribution in [2.45, 2.75) is 45.4 Å². The fraction of sp³-hybridized carbons (Fsp3) is 0.933. The summed E-state index contributed by atoms with van der Waals surface area (Å²) >= 11 is 0. The van der Waals surface area contributed by atoms with E-state index in [0.29, 0.717) is 0 Å². The smallest absolute Gasteiger partial charge is 0.191 e. The lowest BCUT2D eigenvalue weighted by molar-refractivity contribution is 0.188. The number of piperidine rings is 2. The number of hydrogen-bond acceptors (Lipinski definition) is 2. The second-order valence-corrected chi connectivity index (χ2v) is 5.95. The summed E-state index contributed by atoms with van der Waals surface area (Å²) in [5.41, 5.74) is 6.08. The number of guanidine groups is 1. The summed E-state index contributed by atoms with van der Waals surface area (Å²) in [6, 6.07) is 0. The molecular formula is C15H30N4. The van der Waals surface area contributed by atoms with Crippen LogP contribution < -0.4 is 5.73 Å². The second-order valence-electron chi connectivity index (χ2n) is 5.95. The molecule has 4 nitrogen and oxygen atoms in total. The van der Waals surface area contributed by atoms with Gasteiger partial charge in [0, 0.05) is 19.6 Å². The lowest BCUT2D eigenvalue weighted by Crippen LogP contribution is -2.41. The largest absolute Gasteiger partial charge is 0.370 e. The van der Waals surface area contributed by atoms with Crippen molar-refractivity contribution in [3.8, 4) is 0 Å². The Morgan fingerprint density at radius 3 is 2.42 bits per heavy atom. The second kappa shape index (κ2) is 7.73. The van der Waals surface area contributed by atoms with Crippen LogP contribution in [0.4, 0.5) is 0 Å². The zero-order valence-electron chi connectivity index (χ0n) is 12.5. The summed E-state index contributed by atoms with van der Waals surface area (Å²) < 4.78 is 0. The zero-order chi connectivity index (χ0) is 13.5. The Balaban J connectivity index is 1.65. The number of rotatable bonds is 4. The standard InChI is InChI=1S/C15H30N4/c1-2-18-12-7-14(8-13-18)6-9-17-15(16)19-10-4-3-5-11-19/h14H,2-13H2,1H3,(H2,16,17). The average molecular weight is 266 g/mol. The molecule has 2 aliphatic rings. The summed E-state index contributed by atoms with van der Waals surface area (Å²) in [4.78, 5) is 9.38. The maximum atomic E-state index is 6.08. The molecule has 0 unspecified atom stereocenters. The Hall–Kier alpha value is -0.770. The summed E-state index contributed by atoms with van der Waals surface area (Å²) in [5.74, 6) is 1.64. The van der Waals surface area contributed by atoms with Gasteiger partial charge in [-0.3, -0.25) is 4.99 Å². The monoisotopic (exact) mass is 266 g/mol. The van der Waals surface area contributed by atoms with E-state index < -0.39 is 0 Å². The maximum absolute atomic E-state index is 6.08. The highest BCUT2D eigenvalue weighted by Crippen LogP contribution is 2.20. The lowest BCUT2D eigenvalue weighted by Gasteiger charge is -2.31. The van der Waals surface area contributed by atoms with Crippen LogP contribution in [0.5, 0.6) is 0 Å².